The average Bonchev–Trinajstić information content (AvgIpc) is 2.37. The van der Waals surface area contributed by atoms with Crippen LogP contribution in [0, 0.1) is 0 Å². The number of nitrogens with zero attached hydrogens (tertiary/aromatic N) is 1. The average molecular weight is 236 g/mol. The van der Waals surface area contributed by atoms with Crippen LogP contribution in [-0.4, -0.2) is 32.8 Å². The first-order valence-corrected chi connectivity index (χ1v) is 6.05. The molecule has 0 saturated heterocycles. The van der Waals surface area contributed by atoms with E-state index in [-0.39, 0.29) is 0 Å². The Morgan fingerprint density at radius 1 is 1.29 bits per heavy atom. The molecule has 1 aromatic rings. The van der Waals surface area contributed by atoms with E-state index in [1.54, 1.807) is 0 Å². The zero-order valence-electron chi connectivity index (χ0n) is 10.5. The van der Waals surface area contributed by atoms with Crippen LogP contribution in [0.3, 0.4) is 0 Å². The van der Waals surface area contributed by atoms with Crippen molar-refractivity contribution in [3.8, 4) is 11.5 Å². The van der Waals surface area contributed by atoms with Crippen molar-refractivity contribution in [1.82, 2.24) is 0 Å². The highest BCUT2D eigenvalue weighted by molar-refractivity contribution is 5.56. The smallest absolute Gasteiger partial charge is 0.163 e. The van der Waals surface area contributed by atoms with Gasteiger partial charge in [0.15, 0.2) is 11.5 Å². The van der Waals surface area contributed by atoms with Gasteiger partial charge in [-0.2, -0.15) is 0 Å². The summed E-state index contributed by atoms with van der Waals surface area (Å²) >= 11 is 0. The van der Waals surface area contributed by atoms with Crippen molar-refractivity contribution in [2.75, 3.05) is 31.7 Å². The molecule has 17 heavy (non-hydrogen) atoms. The van der Waals surface area contributed by atoms with Crippen molar-refractivity contribution in [3.63, 3.8) is 0 Å². The van der Waals surface area contributed by atoms with Crippen LogP contribution in [0.1, 0.15) is 13.3 Å². The summed E-state index contributed by atoms with van der Waals surface area (Å²) in [6, 6.07) is 6.47. The number of hydrogen-bond donors (Lipinski definition) is 1. The van der Waals surface area contributed by atoms with Crippen molar-refractivity contribution < 1.29 is 9.47 Å². The molecular weight excluding hydrogens is 216 g/mol. The molecule has 0 aromatic heterocycles. The quantitative estimate of drug-likeness (QED) is 0.863. The molecule has 1 atom stereocenters. The lowest BCUT2D eigenvalue weighted by molar-refractivity contribution is 0.171. The number of ether oxygens (including phenoxy) is 2. The third kappa shape index (κ3) is 2.64. The van der Waals surface area contributed by atoms with Gasteiger partial charge in [0, 0.05) is 24.8 Å². The summed E-state index contributed by atoms with van der Waals surface area (Å²) in [6.45, 7) is 4.13. The van der Waals surface area contributed by atoms with Crippen LogP contribution in [0.4, 0.5) is 5.69 Å². The van der Waals surface area contributed by atoms with Crippen molar-refractivity contribution in [2.24, 2.45) is 5.73 Å². The number of anilines is 1. The van der Waals surface area contributed by atoms with Gasteiger partial charge in [0.1, 0.15) is 13.2 Å². The van der Waals surface area contributed by atoms with E-state index in [0.29, 0.717) is 25.8 Å². The van der Waals surface area contributed by atoms with E-state index in [4.69, 9.17) is 15.2 Å². The molecular formula is C13H20N2O2. The summed E-state index contributed by atoms with van der Waals surface area (Å²) < 4.78 is 11.1. The molecule has 2 N–H and O–H groups in total. The lowest BCUT2D eigenvalue weighted by Gasteiger charge is -2.28. The molecule has 1 unspecified atom stereocenters. The minimum absolute atomic E-state index is 0.419. The number of fused-ring (bicyclic) bond motifs is 1. The zero-order valence-corrected chi connectivity index (χ0v) is 10.5. The van der Waals surface area contributed by atoms with E-state index in [1.165, 1.54) is 0 Å². The summed E-state index contributed by atoms with van der Waals surface area (Å²) in [4.78, 5) is 2.21. The summed E-state index contributed by atoms with van der Waals surface area (Å²) in [5.74, 6) is 1.67. The molecule has 0 fully saturated rings. The van der Waals surface area contributed by atoms with E-state index >= 15 is 0 Å². The highest BCUT2D eigenvalue weighted by Crippen LogP contribution is 2.34. The molecule has 0 radical (unpaired) electrons. The Morgan fingerprint density at radius 3 is 2.71 bits per heavy atom. The second-order valence-electron chi connectivity index (χ2n) is 4.37. The van der Waals surface area contributed by atoms with Gasteiger partial charge in [-0.15, -0.1) is 0 Å². The summed E-state index contributed by atoms with van der Waals surface area (Å²) in [6.07, 6.45) is 0.977. The number of hydrogen-bond acceptors (Lipinski definition) is 4. The van der Waals surface area contributed by atoms with E-state index < -0.39 is 0 Å². The van der Waals surface area contributed by atoms with E-state index in [9.17, 15) is 0 Å². The molecule has 0 aliphatic carbocycles. The summed E-state index contributed by atoms with van der Waals surface area (Å²) in [7, 11) is 2.08. The van der Waals surface area contributed by atoms with Crippen LogP contribution in [0.5, 0.6) is 11.5 Å². The third-order valence-corrected chi connectivity index (χ3v) is 3.18. The van der Waals surface area contributed by atoms with Gasteiger partial charge in [-0.25, -0.2) is 0 Å². The Hall–Kier alpha value is -1.42. The molecule has 0 bridgehead atoms. The van der Waals surface area contributed by atoms with E-state index in [0.717, 1.165) is 23.6 Å². The fraction of sp³-hybridized carbons (Fsp3) is 0.538. The minimum Gasteiger partial charge on any atom is -0.486 e. The highest BCUT2D eigenvalue weighted by Gasteiger charge is 2.15. The van der Waals surface area contributed by atoms with Crippen LogP contribution in [0.15, 0.2) is 18.2 Å². The first-order valence-electron chi connectivity index (χ1n) is 6.05. The lowest BCUT2D eigenvalue weighted by atomic mass is 10.1. The van der Waals surface area contributed by atoms with E-state index in [2.05, 4.69) is 24.9 Å². The second-order valence-corrected chi connectivity index (χ2v) is 4.37. The van der Waals surface area contributed by atoms with Gasteiger partial charge < -0.3 is 20.1 Å². The Bertz CT molecular complexity index is 382. The topological polar surface area (TPSA) is 47.7 Å². The van der Waals surface area contributed by atoms with Gasteiger partial charge in [-0.3, -0.25) is 0 Å². The first-order chi connectivity index (χ1) is 8.22. The molecule has 2 rings (SSSR count). The maximum atomic E-state index is 5.58. The van der Waals surface area contributed by atoms with Crippen LogP contribution < -0.4 is 20.1 Å². The van der Waals surface area contributed by atoms with Crippen LogP contribution in [0.25, 0.3) is 0 Å². The molecule has 0 spiro atoms. The fourth-order valence-corrected chi connectivity index (χ4v) is 1.94. The van der Waals surface area contributed by atoms with Gasteiger partial charge in [-0.1, -0.05) is 0 Å². The molecule has 0 saturated carbocycles. The van der Waals surface area contributed by atoms with Gasteiger partial charge in [0.2, 0.25) is 0 Å². The Morgan fingerprint density at radius 2 is 2.00 bits per heavy atom. The third-order valence-electron chi connectivity index (χ3n) is 3.18. The standard InChI is InChI=1S/C13H20N2O2/c1-10(5-6-14)15(2)11-3-4-12-13(9-11)17-8-7-16-12/h3-4,9-10H,5-8,14H2,1-2H3. The number of benzene rings is 1. The van der Waals surface area contributed by atoms with Gasteiger partial charge in [0.25, 0.3) is 0 Å². The maximum absolute atomic E-state index is 5.58. The normalized spacial score (nSPS) is 15.5. The molecule has 0 amide bonds. The van der Waals surface area contributed by atoms with Gasteiger partial charge in [-0.05, 0) is 32.0 Å². The highest BCUT2D eigenvalue weighted by atomic mass is 16.6. The van der Waals surface area contributed by atoms with Crippen LogP contribution in [-0.2, 0) is 0 Å². The van der Waals surface area contributed by atoms with Crippen LogP contribution in [0.2, 0.25) is 0 Å². The molecule has 1 aliphatic heterocycles. The van der Waals surface area contributed by atoms with Crippen molar-refractivity contribution >= 4 is 5.69 Å². The predicted octanol–water partition coefficient (Wildman–Crippen LogP) is 1.63. The maximum Gasteiger partial charge on any atom is 0.163 e. The Balaban J connectivity index is 2.15. The first kappa shape index (κ1) is 12.0. The summed E-state index contributed by atoms with van der Waals surface area (Å²) in [5.41, 5.74) is 6.72. The number of nitrogens with two attached hydrogens (primary N) is 1. The van der Waals surface area contributed by atoms with Crippen LogP contribution >= 0.6 is 0 Å². The molecule has 1 heterocycles. The lowest BCUT2D eigenvalue weighted by Crippen LogP contribution is -2.30. The fourth-order valence-electron chi connectivity index (χ4n) is 1.94. The predicted molar refractivity (Wildman–Crippen MR) is 69.0 cm³/mol. The Kier molecular flexibility index (Phi) is 3.74. The largest absolute Gasteiger partial charge is 0.486 e. The molecule has 4 nitrogen and oxygen atoms in total. The SMILES string of the molecule is CC(CCN)N(C)c1ccc2c(c1)OCCO2. The van der Waals surface area contributed by atoms with Crippen molar-refractivity contribution in [3.05, 3.63) is 18.2 Å². The Labute approximate surface area is 102 Å². The second kappa shape index (κ2) is 5.27. The summed E-state index contributed by atoms with van der Waals surface area (Å²) in [5, 5.41) is 0. The molecule has 94 valence electrons. The number of rotatable bonds is 4. The van der Waals surface area contributed by atoms with Gasteiger partial charge >= 0.3 is 0 Å². The minimum atomic E-state index is 0.419. The van der Waals surface area contributed by atoms with E-state index in [1.807, 2.05) is 12.1 Å². The molecule has 1 aliphatic rings. The molecule has 4 heteroatoms. The van der Waals surface area contributed by atoms with Gasteiger partial charge in [0.05, 0.1) is 0 Å². The zero-order chi connectivity index (χ0) is 12.3. The monoisotopic (exact) mass is 236 g/mol. The van der Waals surface area contributed by atoms with Crippen molar-refractivity contribution in [1.29, 1.82) is 0 Å². The molecule has 1 aromatic carbocycles. The van der Waals surface area contributed by atoms with Crippen molar-refractivity contribution in [2.45, 2.75) is 19.4 Å².